The molecule has 52 heavy (non-hydrogen) atoms. The first kappa shape index (κ1) is 38.0. The van der Waals surface area contributed by atoms with Crippen molar-refractivity contribution < 1.29 is 45.7 Å². The molecule has 0 heterocycles. The number of amides is 1. The first-order valence-electron chi connectivity index (χ1n) is 16.7. The second-order valence-corrected chi connectivity index (χ2v) is 12.2. The molecule has 0 aliphatic heterocycles. The van der Waals surface area contributed by atoms with E-state index in [1.807, 2.05) is 54.6 Å². The van der Waals surface area contributed by atoms with Crippen LogP contribution >= 0.6 is 0 Å². The van der Waals surface area contributed by atoms with Crippen molar-refractivity contribution >= 4 is 5.91 Å². The van der Waals surface area contributed by atoms with E-state index in [9.17, 15) is 36.2 Å². The maximum Gasteiger partial charge on any atom is 0.416 e. The molecule has 0 fully saturated rings. The van der Waals surface area contributed by atoms with Crippen LogP contribution in [-0.4, -0.2) is 19.1 Å². The summed E-state index contributed by atoms with van der Waals surface area (Å²) in [4.78, 5) is 13.2. The number of halogens is 6. The van der Waals surface area contributed by atoms with E-state index >= 15 is 0 Å². The Labute approximate surface area is 297 Å². The van der Waals surface area contributed by atoms with Gasteiger partial charge >= 0.3 is 12.4 Å². The van der Waals surface area contributed by atoms with E-state index in [-0.39, 0.29) is 34.4 Å². The molecule has 0 bridgehead atoms. The monoisotopic (exact) mass is 720 g/mol. The lowest BCUT2D eigenvalue weighted by Gasteiger charge is -2.15. The topological polar surface area (TPSA) is 67.5 Å². The lowest BCUT2D eigenvalue weighted by molar-refractivity contribution is -0.138. The number of benzene rings is 5. The summed E-state index contributed by atoms with van der Waals surface area (Å²) < 4.78 is 92.4. The number of carbonyl (C=O) groups is 1. The Balaban J connectivity index is 1.13. The summed E-state index contributed by atoms with van der Waals surface area (Å²) in [5.41, 5.74) is -0.685. The van der Waals surface area contributed by atoms with Crippen molar-refractivity contribution in [3.63, 3.8) is 0 Å². The van der Waals surface area contributed by atoms with Gasteiger partial charge in [-0.1, -0.05) is 79.6 Å². The molecule has 0 aromatic heterocycles. The molecule has 1 amide bonds. The van der Waals surface area contributed by atoms with E-state index in [0.717, 1.165) is 72.5 Å². The number of ether oxygens (including phenoxy) is 2. The highest BCUT2D eigenvalue weighted by atomic mass is 19.4. The fourth-order valence-electron chi connectivity index (χ4n) is 5.51. The van der Waals surface area contributed by atoms with Gasteiger partial charge in [0.25, 0.3) is 5.91 Å². The number of carbonyl (C=O) groups excluding carboxylic acids is 1. The molecular weight excluding hydrogens is 684 g/mol. The molecule has 1 N–H and O–H groups in total. The van der Waals surface area contributed by atoms with Crippen molar-refractivity contribution in [2.24, 2.45) is 0 Å². The van der Waals surface area contributed by atoms with Gasteiger partial charge in [0.05, 0.1) is 17.7 Å². The standard InChI is InChI=1S/C41H36F6NO4/c42-40(43,44)33-14-8-12-30(22-33)36-24-32(25-37(38(36)49)31-13-9-15-34(23-31)41(45,46)47)39(50)48-20-6-1-2-7-21-51-26-29-16-18-35(19-17-29)52-27-28-10-4-3-5-11-28/h3-5,8-19,22-25H,1-2,6-7,20-21,26-27H2,(H,48,50). The zero-order valence-corrected chi connectivity index (χ0v) is 28.0. The SMILES string of the molecule is [O]c1c(-c2cccc(C(F)(F)F)c2)cc(C(=O)NCCCCCCOCc2ccc(OCc3ccccc3)cc2)cc1-c1cccc(C(F)(F)F)c1. The van der Waals surface area contributed by atoms with Gasteiger partial charge in [0.15, 0.2) is 5.75 Å². The summed E-state index contributed by atoms with van der Waals surface area (Å²) in [6, 6.07) is 28.0. The van der Waals surface area contributed by atoms with Crippen LogP contribution in [0.4, 0.5) is 26.3 Å². The van der Waals surface area contributed by atoms with Crippen molar-refractivity contribution in [3.8, 4) is 33.8 Å². The maximum absolute atomic E-state index is 13.5. The van der Waals surface area contributed by atoms with E-state index < -0.39 is 35.1 Å². The van der Waals surface area contributed by atoms with Gasteiger partial charge in [0.2, 0.25) is 0 Å². The third-order valence-corrected chi connectivity index (χ3v) is 8.29. The van der Waals surface area contributed by atoms with Crippen LogP contribution in [0.15, 0.2) is 115 Å². The number of hydrogen-bond acceptors (Lipinski definition) is 3. The molecule has 5 rings (SSSR count). The normalized spacial score (nSPS) is 11.7. The quantitative estimate of drug-likeness (QED) is 0.0865. The van der Waals surface area contributed by atoms with Gasteiger partial charge in [-0.3, -0.25) is 9.90 Å². The van der Waals surface area contributed by atoms with Gasteiger partial charge in [-0.15, -0.1) is 0 Å². The highest BCUT2D eigenvalue weighted by Gasteiger charge is 2.32. The molecule has 0 atom stereocenters. The van der Waals surface area contributed by atoms with Gasteiger partial charge in [0, 0.05) is 29.8 Å². The number of nitrogens with one attached hydrogen (secondary N) is 1. The van der Waals surface area contributed by atoms with Crippen LogP contribution < -0.4 is 10.1 Å². The van der Waals surface area contributed by atoms with Gasteiger partial charge in [-0.05, 0) is 83.6 Å². The van der Waals surface area contributed by atoms with E-state index in [1.165, 1.54) is 24.3 Å². The lowest BCUT2D eigenvalue weighted by Crippen LogP contribution is -2.24. The minimum absolute atomic E-state index is 0.0661. The summed E-state index contributed by atoms with van der Waals surface area (Å²) >= 11 is 0. The Hall–Kier alpha value is -5.29. The third kappa shape index (κ3) is 10.6. The average Bonchev–Trinajstić information content (AvgIpc) is 3.13. The Morgan fingerprint density at radius 3 is 1.73 bits per heavy atom. The van der Waals surface area contributed by atoms with Crippen LogP contribution in [0.25, 0.3) is 22.3 Å². The molecule has 0 aliphatic rings. The first-order valence-corrected chi connectivity index (χ1v) is 16.7. The summed E-state index contributed by atoms with van der Waals surface area (Å²) in [6.07, 6.45) is -6.35. The fraction of sp³-hybridized carbons (Fsp3) is 0.244. The highest BCUT2D eigenvalue weighted by Crippen LogP contribution is 2.42. The molecule has 0 saturated carbocycles. The molecule has 271 valence electrons. The predicted molar refractivity (Wildman–Crippen MR) is 185 cm³/mol. The van der Waals surface area contributed by atoms with Crippen molar-refractivity contribution in [2.45, 2.75) is 51.2 Å². The Morgan fingerprint density at radius 2 is 1.15 bits per heavy atom. The van der Waals surface area contributed by atoms with E-state index in [4.69, 9.17) is 9.47 Å². The molecule has 0 saturated heterocycles. The predicted octanol–water partition coefficient (Wildman–Crippen LogP) is 11.3. The van der Waals surface area contributed by atoms with Crippen molar-refractivity contribution in [3.05, 3.63) is 143 Å². The second-order valence-electron chi connectivity index (χ2n) is 12.2. The first-order chi connectivity index (χ1) is 24.9. The zero-order valence-electron chi connectivity index (χ0n) is 28.0. The van der Waals surface area contributed by atoms with Crippen LogP contribution in [-0.2, 0) is 35.4 Å². The summed E-state index contributed by atoms with van der Waals surface area (Å²) in [7, 11) is 0. The molecule has 0 unspecified atom stereocenters. The molecule has 5 nitrogen and oxygen atoms in total. The van der Waals surface area contributed by atoms with Crippen LogP contribution in [0.1, 0.15) is 58.3 Å². The third-order valence-electron chi connectivity index (χ3n) is 8.29. The molecule has 5 aromatic carbocycles. The van der Waals surface area contributed by atoms with Gasteiger partial charge in [0.1, 0.15) is 12.4 Å². The number of hydrogen-bond donors (Lipinski definition) is 1. The molecule has 5 aromatic rings. The van der Waals surface area contributed by atoms with Crippen LogP contribution in [0.2, 0.25) is 0 Å². The van der Waals surface area contributed by atoms with Crippen LogP contribution in [0, 0.1) is 0 Å². The molecule has 11 heteroatoms. The summed E-state index contributed by atoms with van der Waals surface area (Å²) in [5, 5.41) is 16.3. The van der Waals surface area contributed by atoms with Crippen molar-refractivity contribution in [1.82, 2.24) is 5.32 Å². The number of alkyl halides is 6. The number of unbranched alkanes of at least 4 members (excludes halogenated alkanes) is 3. The minimum Gasteiger partial charge on any atom is -0.489 e. The fourth-order valence-corrected chi connectivity index (χ4v) is 5.51. The Bertz CT molecular complexity index is 1850. The molecule has 0 aliphatic carbocycles. The van der Waals surface area contributed by atoms with Crippen LogP contribution in [0.3, 0.4) is 0 Å². The smallest absolute Gasteiger partial charge is 0.416 e. The Morgan fingerprint density at radius 1 is 0.596 bits per heavy atom. The molecular formula is C41H36F6NO4. The second kappa shape index (κ2) is 17.3. The van der Waals surface area contributed by atoms with Crippen molar-refractivity contribution in [2.75, 3.05) is 13.2 Å². The molecule has 0 spiro atoms. The van der Waals surface area contributed by atoms with Gasteiger partial charge in [-0.25, -0.2) is 0 Å². The largest absolute Gasteiger partial charge is 0.489 e. The number of rotatable bonds is 15. The molecule has 1 radical (unpaired) electrons. The van der Waals surface area contributed by atoms with E-state index in [0.29, 0.717) is 26.2 Å². The van der Waals surface area contributed by atoms with Gasteiger partial charge < -0.3 is 14.8 Å². The average molecular weight is 721 g/mol. The zero-order chi connectivity index (χ0) is 37.1. The highest BCUT2D eigenvalue weighted by molar-refractivity contribution is 5.99. The summed E-state index contributed by atoms with van der Waals surface area (Å²) in [5.74, 6) is -0.641. The van der Waals surface area contributed by atoms with Gasteiger partial charge in [-0.2, -0.15) is 26.3 Å². The lowest BCUT2D eigenvalue weighted by atomic mass is 9.92. The van der Waals surface area contributed by atoms with E-state index in [2.05, 4.69) is 5.32 Å². The maximum atomic E-state index is 13.5. The van der Waals surface area contributed by atoms with E-state index in [1.54, 1.807) is 0 Å². The van der Waals surface area contributed by atoms with Crippen LogP contribution in [0.5, 0.6) is 11.5 Å². The van der Waals surface area contributed by atoms with Crippen molar-refractivity contribution in [1.29, 1.82) is 0 Å². The minimum atomic E-state index is -4.70. The Kier molecular flexibility index (Phi) is 12.6. The summed E-state index contributed by atoms with van der Waals surface area (Å²) in [6.45, 7) is 1.78.